The van der Waals surface area contributed by atoms with Crippen LogP contribution in [0.1, 0.15) is 20.3 Å². The highest BCUT2D eigenvalue weighted by molar-refractivity contribution is 5.84. The summed E-state index contributed by atoms with van der Waals surface area (Å²) in [5.41, 5.74) is 0.604. The topological polar surface area (TPSA) is 84.2 Å². The molecule has 18 heavy (non-hydrogen) atoms. The lowest BCUT2D eigenvalue weighted by Crippen LogP contribution is -2.38. The molecule has 0 aliphatic rings. The van der Waals surface area contributed by atoms with Crippen molar-refractivity contribution in [3.8, 4) is 0 Å². The number of anilines is 1. The van der Waals surface area contributed by atoms with Crippen molar-refractivity contribution in [2.24, 2.45) is 0 Å². The molecule has 1 atom stereocenters. The van der Waals surface area contributed by atoms with Crippen molar-refractivity contribution in [3.63, 3.8) is 0 Å². The second kappa shape index (κ2) is 5.44. The predicted molar refractivity (Wildman–Crippen MR) is 67.2 cm³/mol. The van der Waals surface area contributed by atoms with E-state index in [0.29, 0.717) is 18.0 Å². The first kappa shape index (κ1) is 12.3. The minimum Gasteiger partial charge on any atom is -0.355 e. The molecule has 0 aliphatic carbocycles. The molecule has 0 spiro atoms. The molecule has 2 heterocycles. The summed E-state index contributed by atoms with van der Waals surface area (Å²) in [7, 11) is 0. The van der Waals surface area contributed by atoms with Crippen molar-refractivity contribution in [2.75, 3.05) is 11.9 Å². The Hall–Kier alpha value is -2.18. The molecule has 2 N–H and O–H groups in total. The quantitative estimate of drug-likeness (QED) is 0.802. The van der Waals surface area contributed by atoms with Gasteiger partial charge >= 0.3 is 0 Å². The summed E-state index contributed by atoms with van der Waals surface area (Å²) in [6.45, 7) is 4.47. The van der Waals surface area contributed by atoms with Crippen molar-refractivity contribution in [1.29, 1.82) is 0 Å². The van der Waals surface area contributed by atoms with Gasteiger partial charge in [-0.05, 0) is 13.3 Å². The third-order valence-corrected chi connectivity index (χ3v) is 2.51. The SMILES string of the molecule is CCCNC(=O)C(C)Nc1nccn2cnnc12. The third kappa shape index (κ3) is 2.55. The molecule has 0 radical (unpaired) electrons. The summed E-state index contributed by atoms with van der Waals surface area (Å²) in [4.78, 5) is 15.9. The first-order valence-corrected chi connectivity index (χ1v) is 5.91. The maximum Gasteiger partial charge on any atom is 0.242 e. The zero-order chi connectivity index (χ0) is 13.0. The van der Waals surface area contributed by atoms with E-state index >= 15 is 0 Å². The Bertz CT molecular complexity index is 537. The molecule has 0 bridgehead atoms. The molecule has 1 amide bonds. The maximum atomic E-state index is 11.7. The van der Waals surface area contributed by atoms with E-state index in [1.165, 1.54) is 0 Å². The molecule has 0 saturated heterocycles. The fourth-order valence-corrected chi connectivity index (χ4v) is 1.53. The van der Waals surface area contributed by atoms with Crippen LogP contribution in [0.4, 0.5) is 5.82 Å². The average Bonchev–Trinajstić information content (AvgIpc) is 2.85. The highest BCUT2D eigenvalue weighted by Gasteiger charge is 2.14. The number of carbonyl (C=O) groups excluding carboxylic acids is 1. The van der Waals surface area contributed by atoms with Crippen molar-refractivity contribution in [1.82, 2.24) is 24.9 Å². The summed E-state index contributed by atoms with van der Waals surface area (Å²) in [5, 5.41) is 13.6. The molecule has 1 unspecified atom stereocenters. The van der Waals surface area contributed by atoms with Gasteiger partial charge in [-0.3, -0.25) is 9.20 Å². The van der Waals surface area contributed by atoms with Crippen LogP contribution in [0, 0.1) is 0 Å². The summed E-state index contributed by atoms with van der Waals surface area (Å²) >= 11 is 0. The van der Waals surface area contributed by atoms with E-state index in [-0.39, 0.29) is 11.9 Å². The number of nitrogens with one attached hydrogen (secondary N) is 2. The number of nitrogens with zero attached hydrogens (tertiary/aromatic N) is 4. The Labute approximate surface area is 105 Å². The lowest BCUT2D eigenvalue weighted by molar-refractivity contribution is -0.121. The molecule has 2 aromatic rings. The normalized spacial score (nSPS) is 12.3. The van der Waals surface area contributed by atoms with Gasteiger partial charge < -0.3 is 10.6 Å². The Morgan fingerprint density at radius 1 is 1.56 bits per heavy atom. The van der Waals surface area contributed by atoms with Gasteiger partial charge in [0.05, 0.1) is 0 Å². The molecule has 0 saturated carbocycles. The lowest BCUT2D eigenvalue weighted by Gasteiger charge is -2.14. The predicted octanol–water partition coefficient (Wildman–Crippen LogP) is 0.451. The zero-order valence-electron chi connectivity index (χ0n) is 10.4. The van der Waals surface area contributed by atoms with Crippen LogP contribution >= 0.6 is 0 Å². The molecule has 0 aliphatic heterocycles. The fraction of sp³-hybridized carbons (Fsp3) is 0.455. The van der Waals surface area contributed by atoms with Crippen LogP contribution < -0.4 is 10.6 Å². The number of aromatic nitrogens is 4. The van der Waals surface area contributed by atoms with Gasteiger partial charge in [0.15, 0.2) is 5.82 Å². The largest absolute Gasteiger partial charge is 0.355 e. The summed E-state index contributed by atoms with van der Waals surface area (Å²) in [5.74, 6) is 0.495. The van der Waals surface area contributed by atoms with Crippen LogP contribution in [0.5, 0.6) is 0 Å². The number of fused-ring (bicyclic) bond motifs is 1. The Kier molecular flexibility index (Phi) is 3.71. The first-order valence-electron chi connectivity index (χ1n) is 5.91. The van der Waals surface area contributed by atoms with Crippen molar-refractivity contribution >= 4 is 17.4 Å². The number of carbonyl (C=O) groups is 1. The Morgan fingerprint density at radius 2 is 2.39 bits per heavy atom. The molecule has 2 aromatic heterocycles. The molecular weight excluding hydrogens is 232 g/mol. The second-order valence-electron chi connectivity index (χ2n) is 3.99. The number of hydrogen-bond acceptors (Lipinski definition) is 5. The van der Waals surface area contributed by atoms with E-state index in [2.05, 4.69) is 25.8 Å². The van der Waals surface area contributed by atoms with Gasteiger partial charge in [-0.25, -0.2) is 4.98 Å². The smallest absolute Gasteiger partial charge is 0.242 e. The minimum absolute atomic E-state index is 0.0554. The van der Waals surface area contributed by atoms with Crippen LogP contribution in [-0.4, -0.2) is 38.1 Å². The number of hydrogen-bond donors (Lipinski definition) is 2. The van der Waals surface area contributed by atoms with E-state index < -0.39 is 0 Å². The minimum atomic E-state index is -0.369. The van der Waals surface area contributed by atoms with E-state index in [1.807, 2.05) is 6.92 Å². The van der Waals surface area contributed by atoms with Gasteiger partial charge in [-0.1, -0.05) is 6.92 Å². The highest BCUT2D eigenvalue weighted by Crippen LogP contribution is 2.10. The van der Waals surface area contributed by atoms with E-state index in [1.54, 1.807) is 30.0 Å². The van der Waals surface area contributed by atoms with Gasteiger partial charge in [0.2, 0.25) is 11.6 Å². The van der Waals surface area contributed by atoms with Gasteiger partial charge in [-0.15, -0.1) is 10.2 Å². The summed E-state index contributed by atoms with van der Waals surface area (Å²) in [6.07, 6.45) is 5.89. The van der Waals surface area contributed by atoms with Crippen LogP contribution in [0.3, 0.4) is 0 Å². The third-order valence-electron chi connectivity index (χ3n) is 2.51. The summed E-state index contributed by atoms with van der Waals surface area (Å²) in [6, 6.07) is -0.369. The van der Waals surface area contributed by atoms with Crippen LogP contribution in [0.25, 0.3) is 5.65 Å². The standard InChI is InChI=1S/C11H16N6O/c1-3-4-13-11(18)8(2)15-9-10-16-14-7-17(10)6-5-12-9/h5-8H,3-4H2,1-2H3,(H,12,15)(H,13,18). The van der Waals surface area contributed by atoms with Crippen LogP contribution in [0.2, 0.25) is 0 Å². The lowest BCUT2D eigenvalue weighted by atomic mass is 10.3. The molecule has 7 heteroatoms. The van der Waals surface area contributed by atoms with Gasteiger partial charge in [0.1, 0.15) is 12.4 Å². The highest BCUT2D eigenvalue weighted by atomic mass is 16.2. The number of amides is 1. The van der Waals surface area contributed by atoms with Crippen LogP contribution in [0.15, 0.2) is 18.7 Å². The molecule has 96 valence electrons. The fourth-order valence-electron chi connectivity index (χ4n) is 1.53. The van der Waals surface area contributed by atoms with Crippen molar-refractivity contribution < 1.29 is 4.79 Å². The van der Waals surface area contributed by atoms with E-state index in [4.69, 9.17) is 0 Å². The van der Waals surface area contributed by atoms with E-state index in [9.17, 15) is 4.79 Å². The Morgan fingerprint density at radius 3 is 3.17 bits per heavy atom. The Balaban J connectivity index is 2.09. The van der Waals surface area contributed by atoms with Gasteiger partial charge in [0.25, 0.3) is 0 Å². The molecular formula is C11H16N6O. The molecule has 7 nitrogen and oxygen atoms in total. The van der Waals surface area contributed by atoms with Gasteiger partial charge in [-0.2, -0.15) is 0 Å². The average molecular weight is 248 g/mol. The van der Waals surface area contributed by atoms with Crippen molar-refractivity contribution in [2.45, 2.75) is 26.3 Å². The molecule has 0 aromatic carbocycles. The monoisotopic (exact) mass is 248 g/mol. The van der Waals surface area contributed by atoms with Crippen molar-refractivity contribution in [3.05, 3.63) is 18.7 Å². The summed E-state index contributed by atoms with van der Waals surface area (Å²) < 4.78 is 1.74. The van der Waals surface area contributed by atoms with Gasteiger partial charge in [0, 0.05) is 18.9 Å². The number of rotatable bonds is 5. The van der Waals surface area contributed by atoms with Crippen LogP contribution in [-0.2, 0) is 4.79 Å². The second-order valence-corrected chi connectivity index (χ2v) is 3.99. The maximum absolute atomic E-state index is 11.7. The zero-order valence-corrected chi connectivity index (χ0v) is 10.4. The molecule has 2 rings (SSSR count). The molecule has 0 fully saturated rings. The first-order chi connectivity index (χ1) is 8.72. The van der Waals surface area contributed by atoms with E-state index in [0.717, 1.165) is 6.42 Å².